The number of aryl methyl sites for hydroxylation is 1. The number of hydrogen-bond acceptors (Lipinski definition) is 4. The lowest BCUT2D eigenvalue weighted by atomic mass is 10.4. The second-order valence-electron chi connectivity index (χ2n) is 4.65. The molecule has 0 aliphatic carbocycles. The van der Waals surface area contributed by atoms with E-state index in [0.717, 1.165) is 5.69 Å². The van der Waals surface area contributed by atoms with Crippen molar-refractivity contribution in [1.82, 2.24) is 15.2 Å². The van der Waals surface area contributed by atoms with Crippen molar-refractivity contribution in [3.8, 4) is 0 Å². The van der Waals surface area contributed by atoms with Crippen molar-refractivity contribution < 1.29 is 4.55 Å². The minimum absolute atomic E-state index is 0.275. The van der Waals surface area contributed by atoms with E-state index in [1.165, 1.54) is 0 Å². The van der Waals surface area contributed by atoms with Gasteiger partial charge in [0.25, 0.3) is 0 Å². The lowest BCUT2D eigenvalue weighted by Gasteiger charge is -2.11. The van der Waals surface area contributed by atoms with Gasteiger partial charge in [-0.1, -0.05) is 29.8 Å². The Kier molecular flexibility index (Phi) is 4.33. The predicted molar refractivity (Wildman–Crippen MR) is 87.0 cm³/mol. The molecule has 0 saturated carbocycles. The van der Waals surface area contributed by atoms with Crippen LogP contribution in [0.5, 0.6) is 0 Å². The molecule has 7 heteroatoms. The van der Waals surface area contributed by atoms with Crippen LogP contribution < -0.4 is 5.32 Å². The zero-order valence-corrected chi connectivity index (χ0v) is 13.3. The van der Waals surface area contributed by atoms with Crippen molar-refractivity contribution in [2.75, 3.05) is 5.32 Å². The first kappa shape index (κ1) is 14.9. The van der Waals surface area contributed by atoms with E-state index in [1.54, 1.807) is 12.1 Å². The van der Waals surface area contributed by atoms with E-state index >= 15 is 0 Å². The second kappa shape index (κ2) is 6.39. The number of halogens is 1. The summed E-state index contributed by atoms with van der Waals surface area (Å²) in [6.45, 7) is 1.90. The van der Waals surface area contributed by atoms with Crippen molar-refractivity contribution >= 4 is 34.4 Å². The van der Waals surface area contributed by atoms with Crippen LogP contribution in [0.3, 0.4) is 0 Å². The van der Waals surface area contributed by atoms with E-state index in [1.807, 2.05) is 43.3 Å². The summed E-state index contributed by atoms with van der Waals surface area (Å²) in [4.78, 5) is 5.48. The Balaban J connectivity index is 1.89. The topological polar surface area (TPSA) is 76.7 Å². The van der Waals surface area contributed by atoms with Gasteiger partial charge in [0.1, 0.15) is 11.0 Å². The Labute approximate surface area is 135 Å². The van der Waals surface area contributed by atoms with Gasteiger partial charge < -0.3 is 9.87 Å². The van der Waals surface area contributed by atoms with E-state index in [2.05, 4.69) is 20.5 Å². The number of aromatic amines is 1. The molecule has 1 atom stereocenters. The van der Waals surface area contributed by atoms with Gasteiger partial charge >= 0.3 is 0 Å². The van der Waals surface area contributed by atoms with Gasteiger partial charge in [0.05, 0.1) is 0 Å². The molecule has 22 heavy (non-hydrogen) atoms. The first-order chi connectivity index (χ1) is 10.6. The third-order valence-corrected chi connectivity index (χ3v) is 4.46. The third-order valence-electron chi connectivity index (χ3n) is 2.90. The lowest BCUT2D eigenvalue weighted by molar-refractivity contribution is 0.595. The Morgan fingerprint density at radius 1 is 1.09 bits per heavy atom. The van der Waals surface area contributed by atoms with Crippen LogP contribution >= 0.6 is 11.6 Å². The highest BCUT2D eigenvalue weighted by Gasteiger charge is 2.17. The summed E-state index contributed by atoms with van der Waals surface area (Å²) in [6, 6.07) is 14.4. The van der Waals surface area contributed by atoms with Crippen LogP contribution in [-0.2, 0) is 11.2 Å². The minimum Gasteiger partial charge on any atom is -0.606 e. The number of H-pyrrole nitrogens is 1. The molecule has 3 rings (SSSR count). The zero-order chi connectivity index (χ0) is 15.5. The van der Waals surface area contributed by atoms with Crippen molar-refractivity contribution in [2.24, 2.45) is 0 Å². The third kappa shape index (κ3) is 3.41. The highest BCUT2D eigenvalue weighted by Crippen LogP contribution is 2.26. The smallest absolute Gasteiger partial charge is 0.165 e. The Morgan fingerprint density at radius 3 is 2.55 bits per heavy atom. The van der Waals surface area contributed by atoms with E-state index in [4.69, 9.17) is 11.6 Å². The Morgan fingerprint density at radius 2 is 1.86 bits per heavy atom. The molecule has 0 aliphatic heterocycles. The van der Waals surface area contributed by atoms with Crippen LogP contribution in [0.25, 0.3) is 0 Å². The van der Waals surface area contributed by atoms with Gasteiger partial charge in [0.2, 0.25) is 0 Å². The van der Waals surface area contributed by atoms with E-state index in [0.29, 0.717) is 21.4 Å². The standard InChI is InChI=1S/C15H13ClN4OS/c1-10-7-15(20-19-10)18-14-9-12(8-13(16)17-14)22(21)11-5-3-2-4-6-11/h2-9H,1H3,(H2,17,18,19,20). The quantitative estimate of drug-likeness (QED) is 0.564. The summed E-state index contributed by atoms with van der Waals surface area (Å²) in [6.07, 6.45) is 0. The van der Waals surface area contributed by atoms with Crippen molar-refractivity contribution in [3.05, 3.63) is 59.4 Å². The molecule has 1 aromatic carbocycles. The van der Waals surface area contributed by atoms with Gasteiger partial charge in [-0.2, -0.15) is 5.10 Å². The maximum Gasteiger partial charge on any atom is 0.165 e. The molecule has 3 aromatic rings. The molecule has 2 N–H and O–H groups in total. The Hall–Kier alpha value is -2.02. The molecule has 0 amide bonds. The van der Waals surface area contributed by atoms with Crippen LogP contribution in [-0.4, -0.2) is 19.7 Å². The number of anilines is 2. The molecule has 2 heterocycles. The number of aromatic nitrogens is 3. The fourth-order valence-corrected chi connectivity index (χ4v) is 3.33. The average Bonchev–Trinajstić information content (AvgIpc) is 2.92. The largest absolute Gasteiger partial charge is 0.606 e. The molecular weight excluding hydrogens is 320 g/mol. The maximum atomic E-state index is 12.6. The highest BCUT2D eigenvalue weighted by molar-refractivity contribution is 7.91. The van der Waals surface area contributed by atoms with Gasteiger partial charge in [0.15, 0.2) is 15.6 Å². The molecule has 5 nitrogen and oxygen atoms in total. The fourth-order valence-electron chi connectivity index (χ4n) is 1.94. The number of hydrogen-bond donors (Lipinski definition) is 2. The van der Waals surface area contributed by atoms with Gasteiger partial charge in [-0.3, -0.25) is 5.10 Å². The number of rotatable bonds is 4. The summed E-state index contributed by atoms with van der Waals surface area (Å²) >= 11 is 4.73. The van der Waals surface area contributed by atoms with Crippen molar-refractivity contribution in [3.63, 3.8) is 0 Å². The molecule has 0 saturated heterocycles. The summed E-state index contributed by atoms with van der Waals surface area (Å²) in [5, 5.41) is 10.2. The molecule has 0 bridgehead atoms. The van der Waals surface area contributed by atoms with Crippen LogP contribution in [0.15, 0.2) is 58.3 Å². The lowest BCUT2D eigenvalue weighted by Crippen LogP contribution is -2.04. The van der Waals surface area contributed by atoms with Gasteiger partial charge in [-0.25, -0.2) is 4.98 Å². The molecule has 0 spiro atoms. The molecule has 0 radical (unpaired) electrons. The Bertz CT molecular complexity index is 778. The summed E-state index contributed by atoms with van der Waals surface area (Å²) < 4.78 is 12.6. The molecule has 0 aliphatic rings. The normalized spacial score (nSPS) is 12.1. The van der Waals surface area contributed by atoms with Gasteiger partial charge in [0, 0.05) is 35.1 Å². The fraction of sp³-hybridized carbons (Fsp3) is 0.0667. The highest BCUT2D eigenvalue weighted by atomic mass is 35.5. The summed E-state index contributed by atoms with van der Waals surface area (Å²) in [7, 11) is 0. The van der Waals surface area contributed by atoms with Crippen molar-refractivity contribution in [2.45, 2.75) is 16.7 Å². The molecule has 112 valence electrons. The summed E-state index contributed by atoms with van der Waals surface area (Å²) in [5.74, 6) is 1.13. The minimum atomic E-state index is -1.31. The molecule has 0 fully saturated rings. The van der Waals surface area contributed by atoms with Gasteiger partial charge in [-0.15, -0.1) is 0 Å². The molecular formula is C15H13ClN4OS. The van der Waals surface area contributed by atoms with Crippen LogP contribution in [0.4, 0.5) is 11.6 Å². The zero-order valence-electron chi connectivity index (χ0n) is 11.7. The molecule has 2 aromatic heterocycles. The molecule has 1 unspecified atom stereocenters. The average molecular weight is 333 g/mol. The van der Waals surface area contributed by atoms with Crippen LogP contribution in [0, 0.1) is 6.92 Å². The monoisotopic (exact) mass is 332 g/mol. The maximum absolute atomic E-state index is 12.6. The van der Waals surface area contributed by atoms with Gasteiger partial charge in [-0.05, 0) is 19.1 Å². The van der Waals surface area contributed by atoms with Crippen LogP contribution in [0.1, 0.15) is 5.69 Å². The number of nitrogens with one attached hydrogen (secondary N) is 2. The predicted octanol–water partition coefficient (Wildman–Crippen LogP) is 3.68. The first-order valence-corrected chi connectivity index (χ1v) is 8.08. The SMILES string of the molecule is Cc1cc(Nc2cc([S+]([O-])c3ccccc3)cc(Cl)n2)n[nH]1. The van der Waals surface area contributed by atoms with E-state index < -0.39 is 11.2 Å². The van der Waals surface area contributed by atoms with Crippen LogP contribution in [0.2, 0.25) is 5.15 Å². The first-order valence-electron chi connectivity index (χ1n) is 6.55. The number of nitrogens with zero attached hydrogens (tertiary/aromatic N) is 2. The summed E-state index contributed by atoms with van der Waals surface area (Å²) in [5.41, 5.74) is 0.928. The van der Waals surface area contributed by atoms with E-state index in [-0.39, 0.29) is 5.15 Å². The number of pyridine rings is 1. The van der Waals surface area contributed by atoms with Crippen molar-refractivity contribution in [1.29, 1.82) is 0 Å². The number of benzene rings is 1. The van der Waals surface area contributed by atoms with E-state index in [9.17, 15) is 4.55 Å². The second-order valence-corrected chi connectivity index (χ2v) is 6.52.